The van der Waals surface area contributed by atoms with Crippen molar-refractivity contribution in [2.45, 2.75) is 32.6 Å². The van der Waals surface area contributed by atoms with Crippen molar-refractivity contribution in [1.82, 2.24) is 5.32 Å². The maximum atomic E-state index is 12.0. The van der Waals surface area contributed by atoms with Gasteiger partial charge < -0.3 is 10.1 Å². The predicted molar refractivity (Wildman–Crippen MR) is 80.2 cm³/mol. The molecule has 1 atom stereocenters. The van der Waals surface area contributed by atoms with Gasteiger partial charge in [-0.1, -0.05) is 6.07 Å². The van der Waals surface area contributed by atoms with Gasteiger partial charge in [-0.05, 0) is 49.8 Å². The minimum atomic E-state index is 0.0551. The van der Waals surface area contributed by atoms with E-state index in [1.807, 2.05) is 25.1 Å². The Morgan fingerprint density at radius 1 is 1.50 bits per heavy atom. The molecule has 0 spiro atoms. The summed E-state index contributed by atoms with van der Waals surface area (Å²) in [6.07, 6.45) is 3.84. The van der Waals surface area contributed by atoms with Crippen molar-refractivity contribution in [3.05, 3.63) is 23.8 Å². The van der Waals surface area contributed by atoms with Crippen molar-refractivity contribution in [3.63, 3.8) is 0 Å². The molecule has 0 bridgehead atoms. The van der Waals surface area contributed by atoms with Gasteiger partial charge >= 0.3 is 0 Å². The van der Waals surface area contributed by atoms with Crippen LogP contribution in [0.15, 0.2) is 18.2 Å². The van der Waals surface area contributed by atoms with Gasteiger partial charge in [0, 0.05) is 19.5 Å². The smallest absolute Gasteiger partial charge is 0.224 e. The normalized spacial score (nSPS) is 18.6. The first-order valence-electron chi connectivity index (χ1n) is 7.27. The lowest BCUT2D eigenvalue weighted by Gasteiger charge is -2.21. The Kier molecular flexibility index (Phi) is 5.41. The van der Waals surface area contributed by atoms with Crippen molar-refractivity contribution in [2.24, 2.45) is 5.92 Å². The lowest BCUT2D eigenvalue weighted by atomic mass is 9.94. The molecule has 0 aliphatic carbocycles. The molecule has 1 aromatic carbocycles. The van der Waals surface area contributed by atoms with Crippen LogP contribution in [0.2, 0.25) is 0 Å². The average molecular weight is 275 g/mol. The quantitative estimate of drug-likeness (QED) is 0.898. The minimum absolute atomic E-state index is 0.0551. The first kappa shape index (κ1) is 14.9. The van der Waals surface area contributed by atoms with E-state index in [2.05, 4.69) is 10.6 Å². The molecule has 2 rings (SSSR count). The molecule has 4 nitrogen and oxygen atoms in total. The molecular formula is C16H23N2O2. The van der Waals surface area contributed by atoms with Crippen molar-refractivity contribution in [1.29, 1.82) is 0 Å². The summed E-state index contributed by atoms with van der Waals surface area (Å²) in [4.78, 5) is 12.0. The number of piperidine rings is 1. The zero-order valence-electron chi connectivity index (χ0n) is 12.3. The third kappa shape index (κ3) is 4.23. The predicted octanol–water partition coefficient (Wildman–Crippen LogP) is 2.74. The number of nitrogens with one attached hydrogen (secondary N) is 1. The van der Waals surface area contributed by atoms with Gasteiger partial charge in [0.15, 0.2) is 0 Å². The van der Waals surface area contributed by atoms with Crippen LogP contribution in [0.4, 0.5) is 5.69 Å². The van der Waals surface area contributed by atoms with Gasteiger partial charge in [0.2, 0.25) is 5.91 Å². The number of methoxy groups -OCH3 is 1. The van der Waals surface area contributed by atoms with Gasteiger partial charge in [-0.25, -0.2) is 5.32 Å². The average Bonchev–Trinajstić information content (AvgIpc) is 2.46. The number of nitrogens with zero attached hydrogens (tertiary/aromatic N) is 1. The molecule has 1 radical (unpaired) electrons. The van der Waals surface area contributed by atoms with Crippen molar-refractivity contribution < 1.29 is 9.53 Å². The number of hydrogen-bond donors (Lipinski definition) is 1. The molecule has 0 aromatic heterocycles. The standard InChI is InChI=1S/C16H23N2O2/c1-12-5-7-15(20-2)14(10-12)18-16(19)8-6-13-4-3-9-17-11-13/h5,7,10,13H,3-4,6,8-9,11H2,1-2H3,(H,18,19). The number of amides is 1. The van der Waals surface area contributed by atoms with Crippen molar-refractivity contribution in [3.8, 4) is 5.75 Å². The number of benzene rings is 1. The van der Waals surface area contributed by atoms with Crippen LogP contribution >= 0.6 is 0 Å². The Labute approximate surface area is 120 Å². The van der Waals surface area contributed by atoms with Gasteiger partial charge in [0.05, 0.1) is 12.8 Å². The van der Waals surface area contributed by atoms with Crippen LogP contribution in [-0.4, -0.2) is 26.1 Å². The molecule has 1 aliphatic heterocycles. The van der Waals surface area contributed by atoms with Gasteiger partial charge in [-0.15, -0.1) is 0 Å². The molecule has 1 amide bonds. The van der Waals surface area contributed by atoms with Crippen LogP contribution in [0.5, 0.6) is 5.75 Å². The molecule has 1 N–H and O–H groups in total. The molecule has 0 saturated carbocycles. The fourth-order valence-electron chi connectivity index (χ4n) is 2.56. The number of carbonyl (C=O) groups excluding carboxylic acids is 1. The van der Waals surface area contributed by atoms with Crippen LogP contribution < -0.4 is 15.4 Å². The first-order chi connectivity index (χ1) is 9.69. The Morgan fingerprint density at radius 3 is 3.05 bits per heavy atom. The van der Waals surface area contributed by atoms with E-state index in [4.69, 9.17) is 4.74 Å². The molecule has 4 heteroatoms. The van der Waals surface area contributed by atoms with Gasteiger partial charge in [0.25, 0.3) is 0 Å². The third-order valence-electron chi connectivity index (χ3n) is 3.72. The molecular weight excluding hydrogens is 252 g/mol. The topological polar surface area (TPSA) is 52.4 Å². The largest absolute Gasteiger partial charge is 0.495 e. The number of aryl methyl sites for hydroxylation is 1. The fraction of sp³-hybridized carbons (Fsp3) is 0.562. The Morgan fingerprint density at radius 2 is 2.35 bits per heavy atom. The highest BCUT2D eigenvalue weighted by atomic mass is 16.5. The van der Waals surface area contributed by atoms with E-state index >= 15 is 0 Å². The monoisotopic (exact) mass is 275 g/mol. The van der Waals surface area contributed by atoms with E-state index in [9.17, 15) is 4.79 Å². The second kappa shape index (κ2) is 7.29. The molecule has 1 unspecified atom stereocenters. The second-order valence-corrected chi connectivity index (χ2v) is 5.43. The van der Waals surface area contributed by atoms with E-state index in [0.717, 1.165) is 37.2 Å². The van der Waals surface area contributed by atoms with E-state index in [1.165, 1.54) is 6.42 Å². The lowest BCUT2D eigenvalue weighted by Crippen LogP contribution is -2.25. The Bertz CT molecular complexity index is 454. The lowest BCUT2D eigenvalue weighted by molar-refractivity contribution is -0.116. The molecule has 1 fully saturated rings. The molecule has 1 saturated heterocycles. The van der Waals surface area contributed by atoms with Gasteiger partial charge in [-0.2, -0.15) is 0 Å². The Balaban J connectivity index is 1.86. The maximum absolute atomic E-state index is 12.0. The number of anilines is 1. The number of ether oxygens (including phenoxy) is 1. The summed E-state index contributed by atoms with van der Waals surface area (Å²) >= 11 is 0. The first-order valence-corrected chi connectivity index (χ1v) is 7.27. The highest BCUT2D eigenvalue weighted by Gasteiger charge is 2.15. The summed E-state index contributed by atoms with van der Waals surface area (Å²) in [5.41, 5.74) is 1.86. The van der Waals surface area contributed by atoms with Crippen molar-refractivity contribution in [2.75, 3.05) is 25.5 Å². The second-order valence-electron chi connectivity index (χ2n) is 5.43. The summed E-state index contributed by atoms with van der Waals surface area (Å²) in [5, 5.41) is 7.36. The SMILES string of the molecule is COc1ccc(C)cc1NC(=O)CCC1CCC[N]C1. The zero-order valence-corrected chi connectivity index (χ0v) is 12.3. The number of rotatable bonds is 5. The van der Waals surface area contributed by atoms with Crippen LogP contribution in [0.3, 0.4) is 0 Å². The van der Waals surface area contributed by atoms with Crippen LogP contribution in [-0.2, 0) is 4.79 Å². The third-order valence-corrected chi connectivity index (χ3v) is 3.72. The van der Waals surface area contributed by atoms with Crippen LogP contribution in [0, 0.1) is 12.8 Å². The molecule has 1 aromatic rings. The summed E-state index contributed by atoms with van der Waals surface area (Å²) in [7, 11) is 1.61. The van der Waals surface area contributed by atoms with E-state index in [1.54, 1.807) is 7.11 Å². The molecule has 20 heavy (non-hydrogen) atoms. The summed E-state index contributed by atoms with van der Waals surface area (Å²) in [6.45, 7) is 3.91. The minimum Gasteiger partial charge on any atom is -0.495 e. The summed E-state index contributed by atoms with van der Waals surface area (Å²) in [6, 6.07) is 5.79. The van der Waals surface area contributed by atoms with Crippen LogP contribution in [0.25, 0.3) is 0 Å². The fourth-order valence-corrected chi connectivity index (χ4v) is 2.56. The number of carbonyl (C=O) groups is 1. The highest BCUT2D eigenvalue weighted by molar-refractivity contribution is 5.92. The molecule has 1 heterocycles. The summed E-state index contributed by atoms with van der Waals surface area (Å²) in [5.74, 6) is 1.34. The number of hydrogen-bond acceptors (Lipinski definition) is 2. The maximum Gasteiger partial charge on any atom is 0.224 e. The van der Waals surface area contributed by atoms with Crippen LogP contribution in [0.1, 0.15) is 31.2 Å². The Hall–Kier alpha value is -1.55. The van der Waals surface area contributed by atoms with E-state index in [0.29, 0.717) is 18.1 Å². The van der Waals surface area contributed by atoms with Gasteiger partial charge in [-0.3, -0.25) is 4.79 Å². The highest BCUT2D eigenvalue weighted by Crippen LogP contribution is 2.25. The zero-order chi connectivity index (χ0) is 14.4. The van der Waals surface area contributed by atoms with Gasteiger partial charge in [0.1, 0.15) is 5.75 Å². The molecule has 1 aliphatic rings. The van der Waals surface area contributed by atoms with Crippen molar-refractivity contribution >= 4 is 11.6 Å². The van der Waals surface area contributed by atoms with E-state index < -0.39 is 0 Å². The van der Waals surface area contributed by atoms with E-state index in [-0.39, 0.29) is 5.91 Å². The molecule has 109 valence electrons. The summed E-state index contributed by atoms with van der Waals surface area (Å²) < 4.78 is 5.27.